The molecule has 1 aromatic heterocycles. The zero-order valence-corrected chi connectivity index (χ0v) is 9.86. The van der Waals surface area contributed by atoms with Crippen molar-refractivity contribution in [1.29, 1.82) is 0 Å². The molecule has 1 aliphatic rings. The number of nitrogen functional groups attached to an aromatic ring is 1. The molecular formula is C11H16N2OS. The van der Waals surface area contributed by atoms with Gasteiger partial charge >= 0.3 is 0 Å². The Bertz CT molecular complexity index is 380. The van der Waals surface area contributed by atoms with Crippen LogP contribution in [0.1, 0.15) is 48.5 Å². The quantitative estimate of drug-likeness (QED) is 0.828. The number of anilines is 1. The van der Waals surface area contributed by atoms with Crippen LogP contribution >= 0.6 is 11.3 Å². The molecule has 3 nitrogen and oxygen atoms in total. The van der Waals surface area contributed by atoms with Crippen molar-refractivity contribution in [2.24, 2.45) is 0 Å². The van der Waals surface area contributed by atoms with Crippen LogP contribution in [0.3, 0.4) is 0 Å². The molecule has 0 atom stereocenters. The zero-order chi connectivity index (χ0) is 11.0. The average Bonchev–Trinajstić information content (AvgIpc) is 2.89. The van der Waals surface area contributed by atoms with Crippen molar-refractivity contribution >= 4 is 22.2 Å². The van der Waals surface area contributed by atoms with Gasteiger partial charge in [-0.05, 0) is 43.6 Å². The lowest BCUT2D eigenvalue weighted by Gasteiger charge is -2.09. The first-order valence-corrected chi connectivity index (χ1v) is 6.15. The fourth-order valence-electron chi connectivity index (χ4n) is 1.66. The molecule has 0 unspecified atom stereocenters. The van der Waals surface area contributed by atoms with Crippen molar-refractivity contribution in [3.63, 3.8) is 0 Å². The summed E-state index contributed by atoms with van der Waals surface area (Å²) < 4.78 is 0. The first kappa shape index (κ1) is 10.5. The molecule has 1 heterocycles. The largest absolute Gasteiger partial charge is 0.390 e. The monoisotopic (exact) mass is 224 g/mol. The maximum atomic E-state index is 11.9. The second kappa shape index (κ2) is 3.85. The highest BCUT2D eigenvalue weighted by Crippen LogP contribution is 2.45. The summed E-state index contributed by atoms with van der Waals surface area (Å²) >= 11 is 1.47. The molecule has 1 saturated carbocycles. The van der Waals surface area contributed by atoms with Crippen LogP contribution in [0.25, 0.3) is 0 Å². The summed E-state index contributed by atoms with van der Waals surface area (Å²) in [6.07, 6.45) is 2.39. The maximum absolute atomic E-state index is 11.9. The average molecular weight is 224 g/mol. The summed E-state index contributed by atoms with van der Waals surface area (Å²) in [5, 5.41) is 5.57. The molecule has 0 bridgehead atoms. The Morgan fingerprint density at radius 2 is 2.27 bits per heavy atom. The molecule has 0 aliphatic heterocycles. The van der Waals surface area contributed by atoms with Crippen LogP contribution in [-0.2, 0) is 0 Å². The molecule has 2 rings (SSSR count). The van der Waals surface area contributed by atoms with Gasteiger partial charge < -0.3 is 11.1 Å². The molecule has 1 fully saturated rings. The molecule has 0 aromatic carbocycles. The molecule has 1 aromatic rings. The van der Waals surface area contributed by atoms with Crippen LogP contribution in [0, 0.1) is 0 Å². The number of hydrogen-bond donors (Lipinski definition) is 2. The Kier molecular flexibility index (Phi) is 2.69. The highest BCUT2D eigenvalue weighted by Gasteiger charge is 2.30. The Balaban J connectivity index is 2.25. The Morgan fingerprint density at radius 3 is 2.80 bits per heavy atom. The van der Waals surface area contributed by atoms with Gasteiger partial charge in [0.1, 0.15) is 0 Å². The minimum Gasteiger partial charge on any atom is -0.390 e. The van der Waals surface area contributed by atoms with E-state index in [0.29, 0.717) is 10.9 Å². The first-order valence-electron chi connectivity index (χ1n) is 5.27. The smallest absolute Gasteiger partial charge is 0.254 e. The molecule has 4 heteroatoms. The number of carbonyl (C=O) groups is 1. The van der Waals surface area contributed by atoms with E-state index >= 15 is 0 Å². The van der Waals surface area contributed by atoms with Crippen LogP contribution in [0.5, 0.6) is 0 Å². The van der Waals surface area contributed by atoms with Gasteiger partial charge in [-0.2, -0.15) is 0 Å². The summed E-state index contributed by atoms with van der Waals surface area (Å²) in [6.45, 7) is 3.91. The Hall–Kier alpha value is -1.03. The molecule has 15 heavy (non-hydrogen) atoms. The second-order valence-electron chi connectivity index (χ2n) is 4.33. The number of carbonyl (C=O) groups excluding carboxylic acids is 1. The zero-order valence-electron chi connectivity index (χ0n) is 9.04. The minimum absolute atomic E-state index is 0.0225. The van der Waals surface area contributed by atoms with Crippen molar-refractivity contribution in [2.45, 2.75) is 38.6 Å². The lowest BCUT2D eigenvalue weighted by molar-refractivity contribution is 0.0943. The summed E-state index contributed by atoms with van der Waals surface area (Å²) in [7, 11) is 0. The van der Waals surface area contributed by atoms with E-state index < -0.39 is 0 Å². The third kappa shape index (κ3) is 2.15. The summed E-state index contributed by atoms with van der Waals surface area (Å²) in [6, 6.07) is 0.156. The van der Waals surface area contributed by atoms with Crippen LogP contribution in [0.2, 0.25) is 0 Å². The van der Waals surface area contributed by atoms with Crippen molar-refractivity contribution in [2.75, 3.05) is 5.73 Å². The lowest BCUT2D eigenvalue weighted by Crippen LogP contribution is -2.30. The van der Waals surface area contributed by atoms with Gasteiger partial charge in [-0.25, -0.2) is 0 Å². The molecule has 82 valence electrons. The van der Waals surface area contributed by atoms with Gasteiger partial charge in [0.25, 0.3) is 5.91 Å². The van der Waals surface area contributed by atoms with Crippen molar-refractivity contribution in [1.82, 2.24) is 5.32 Å². The third-order valence-electron chi connectivity index (χ3n) is 2.51. The van der Waals surface area contributed by atoms with Crippen LogP contribution < -0.4 is 11.1 Å². The summed E-state index contributed by atoms with van der Waals surface area (Å²) in [5.41, 5.74) is 7.71. The van der Waals surface area contributed by atoms with Gasteiger partial charge in [0.2, 0.25) is 0 Å². The second-order valence-corrected chi connectivity index (χ2v) is 5.24. The van der Waals surface area contributed by atoms with Crippen molar-refractivity contribution in [3.8, 4) is 0 Å². The van der Waals surface area contributed by atoms with Crippen LogP contribution in [0.4, 0.5) is 5.00 Å². The molecule has 0 saturated heterocycles. The van der Waals surface area contributed by atoms with Gasteiger partial charge in [-0.1, -0.05) is 0 Å². The third-order valence-corrected chi connectivity index (χ3v) is 3.34. The van der Waals surface area contributed by atoms with Gasteiger partial charge in [0.15, 0.2) is 0 Å². The fraction of sp³-hybridized carbons (Fsp3) is 0.545. The standard InChI is InChI=1S/C11H16N2OS/c1-6(2)13-11(14)9-8(7-3-4-7)5-15-10(9)12/h5-7H,3-4,12H2,1-2H3,(H,13,14). The van der Waals surface area contributed by atoms with Crippen LogP contribution in [-0.4, -0.2) is 11.9 Å². The maximum Gasteiger partial charge on any atom is 0.254 e. The number of hydrogen-bond acceptors (Lipinski definition) is 3. The fourth-order valence-corrected chi connectivity index (χ4v) is 2.55. The van der Waals surface area contributed by atoms with E-state index in [2.05, 4.69) is 5.32 Å². The molecule has 0 radical (unpaired) electrons. The SMILES string of the molecule is CC(C)NC(=O)c1c(C2CC2)csc1N. The minimum atomic E-state index is -0.0225. The molecule has 0 spiro atoms. The highest BCUT2D eigenvalue weighted by atomic mass is 32.1. The number of amides is 1. The summed E-state index contributed by atoms with van der Waals surface area (Å²) in [4.78, 5) is 11.9. The predicted octanol–water partition coefficient (Wildman–Crippen LogP) is 2.35. The van der Waals surface area contributed by atoms with Gasteiger partial charge in [0.05, 0.1) is 10.6 Å². The number of thiophene rings is 1. The van der Waals surface area contributed by atoms with E-state index in [1.807, 2.05) is 19.2 Å². The van der Waals surface area contributed by atoms with Gasteiger partial charge in [-0.3, -0.25) is 4.79 Å². The van der Waals surface area contributed by atoms with E-state index in [1.165, 1.54) is 24.2 Å². The normalized spacial score (nSPS) is 15.7. The van der Waals surface area contributed by atoms with Crippen molar-refractivity contribution < 1.29 is 4.79 Å². The van der Waals surface area contributed by atoms with E-state index in [1.54, 1.807) is 0 Å². The highest BCUT2D eigenvalue weighted by molar-refractivity contribution is 7.14. The van der Waals surface area contributed by atoms with Gasteiger partial charge in [0, 0.05) is 6.04 Å². The topological polar surface area (TPSA) is 55.1 Å². The number of nitrogens with two attached hydrogens (primary N) is 1. The number of nitrogens with one attached hydrogen (secondary N) is 1. The van der Waals surface area contributed by atoms with Crippen molar-refractivity contribution in [3.05, 3.63) is 16.5 Å². The molecule has 3 N–H and O–H groups in total. The lowest BCUT2D eigenvalue weighted by atomic mass is 10.1. The molecular weight excluding hydrogens is 208 g/mol. The van der Waals surface area contributed by atoms with Crippen LogP contribution in [0.15, 0.2) is 5.38 Å². The van der Waals surface area contributed by atoms with E-state index in [0.717, 1.165) is 11.1 Å². The molecule has 1 aliphatic carbocycles. The van der Waals surface area contributed by atoms with E-state index in [9.17, 15) is 4.79 Å². The number of rotatable bonds is 3. The first-order chi connectivity index (χ1) is 7.09. The van der Waals surface area contributed by atoms with Gasteiger partial charge in [-0.15, -0.1) is 11.3 Å². The predicted molar refractivity (Wildman–Crippen MR) is 63.3 cm³/mol. The molecule has 1 amide bonds. The van der Waals surface area contributed by atoms with E-state index in [4.69, 9.17) is 5.73 Å². The Labute approximate surface area is 93.7 Å². The Morgan fingerprint density at radius 1 is 1.60 bits per heavy atom. The van der Waals surface area contributed by atoms with E-state index in [-0.39, 0.29) is 11.9 Å². The summed E-state index contributed by atoms with van der Waals surface area (Å²) in [5.74, 6) is 0.553.